The van der Waals surface area contributed by atoms with Gasteiger partial charge in [-0.15, -0.1) is 0 Å². The van der Waals surface area contributed by atoms with E-state index in [1.165, 1.54) is 51.8 Å². The van der Waals surface area contributed by atoms with Gasteiger partial charge in [0.2, 0.25) is 0 Å². The summed E-state index contributed by atoms with van der Waals surface area (Å²) in [6.07, 6.45) is 7.93. The van der Waals surface area contributed by atoms with Crippen LogP contribution in [-0.4, -0.2) is 36.4 Å². The van der Waals surface area contributed by atoms with E-state index in [9.17, 15) is 5.26 Å². The fourth-order valence-electron chi connectivity index (χ4n) is 4.30. The Morgan fingerprint density at radius 2 is 1.24 bits per heavy atom. The summed E-state index contributed by atoms with van der Waals surface area (Å²) >= 11 is -2.55. The van der Waals surface area contributed by atoms with Crippen LogP contribution in [0, 0.1) is 17.2 Å². The van der Waals surface area contributed by atoms with Crippen LogP contribution >= 0.6 is 0 Å². The first-order chi connectivity index (χ1) is 12.0. The summed E-state index contributed by atoms with van der Waals surface area (Å²) in [4.78, 5) is 2.34. The zero-order chi connectivity index (χ0) is 19.3. The Balaban J connectivity index is 6.33. The zero-order valence-corrected chi connectivity index (χ0v) is 21.1. The summed E-state index contributed by atoms with van der Waals surface area (Å²) in [7, 11) is 0. The monoisotopic (exact) mass is 456 g/mol. The number of allylic oxidation sites excluding steroid dienone is 2. The Morgan fingerprint density at radius 1 is 0.840 bits per heavy atom. The molecule has 2 nitrogen and oxygen atoms in total. The van der Waals surface area contributed by atoms with Gasteiger partial charge in [0, 0.05) is 0 Å². The molecule has 0 N–H and O–H groups in total. The van der Waals surface area contributed by atoms with Crippen molar-refractivity contribution in [3.63, 3.8) is 0 Å². The normalized spacial score (nSPS) is 12.9. The van der Waals surface area contributed by atoms with E-state index >= 15 is 0 Å². The molecule has 0 aromatic carbocycles. The van der Waals surface area contributed by atoms with Crippen LogP contribution < -0.4 is 0 Å². The molecular formula is C22H44N2Sn. The molecule has 0 atom stereocenters. The van der Waals surface area contributed by atoms with Gasteiger partial charge in [0.15, 0.2) is 0 Å². The summed E-state index contributed by atoms with van der Waals surface area (Å²) < 4.78 is 6.01. The average Bonchev–Trinajstić information content (AvgIpc) is 2.61. The molecule has 3 heteroatoms. The van der Waals surface area contributed by atoms with Gasteiger partial charge in [-0.25, -0.2) is 0 Å². The van der Waals surface area contributed by atoms with Crippen LogP contribution in [0.1, 0.15) is 87.0 Å². The molecule has 0 saturated heterocycles. The molecule has 0 aliphatic heterocycles. The first-order valence-corrected chi connectivity index (χ1v) is 18.4. The number of nitriles is 1. The second-order valence-corrected chi connectivity index (χ2v) is 20.9. The van der Waals surface area contributed by atoms with Crippen molar-refractivity contribution in [1.29, 1.82) is 5.26 Å². The van der Waals surface area contributed by atoms with Crippen molar-refractivity contribution in [3.8, 4) is 6.07 Å². The fourth-order valence-corrected chi connectivity index (χ4v) is 23.1. The van der Waals surface area contributed by atoms with Crippen LogP contribution in [0.3, 0.4) is 0 Å². The van der Waals surface area contributed by atoms with Gasteiger partial charge in [-0.2, -0.15) is 0 Å². The molecule has 0 aromatic rings. The van der Waals surface area contributed by atoms with Crippen molar-refractivity contribution in [3.05, 3.63) is 9.29 Å². The maximum atomic E-state index is 10.1. The van der Waals surface area contributed by atoms with Gasteiger partial charge >= 0.3 is 163 Å². The van der Waals surface area contributed by atoms with E-state index in [-0.39, 0.29) is 0 Å². The number of rotatable bonds is 14. The average molecular weight is 455 g/mol. The Kier molecular flexibility index (Phi) is 13.9. The quantitative estimate of drug-likeness (QED) is 0.206. The second kappa shape index (κ2) is 14.0. The Hall–Kier alpha value is -0.171. The molecule has 0 spiro atoms. The fraction of sp³-hybridized carbons (Fsp3) is 0.864. The minimum absolute atomic E-state index is 0.525. The molecule has 0 aromatic heterocycles. The number of hydrogen-bond donors (Lipinski definition) is 0. The zero-order valence-electron chi connectivity index (χ0n) is 18.2. The molecule has 0 unspecified atom stereocenters. The van der Waals surface area contributed by atoms with E-state index in [2.05, 4.69) is 59.4 Å². The molecule has 0 amide bonds. The minimum atomic E-state index is -2.55. The van der Waals surface area contributed by atoms with Gasteiger partial charge in [-0.05, 0) is 0 Å². The van der Waals surface area contributed by atoms with E-state index in [1.807, 2.05) is 0 Å². The Morgan fingerprint density at radius 3 is 1.48 bits per heavy atom. The molecule has 0 rings (SSSR count). The Labute approximate surface area is 162 Å². The van der Waals surface area contributed by atoms with Crippen LogP contribution in [0.2, 0.25) is 13.3 Å². The number of unbranched alkanes of at least 4 members (excludes halogenated alkanes) is 3. The second-order valence-electron chi connectivity index (χ2n) is 7.79. The summed E-state index contributed by atoms with van der Waals surface area (Å²) in [5.74, 6) is 0.525. The van der Waals surface area contributed by atoms with Crippen molar-refractivity contribution in [2.24, 2.45) is 5.92 Å². The first kappa shape index (κ1) is 24.8. The van der Waals surface area contributed by atoms with E-state index in [0.29, 0.717) is 5.92 Å². The third kappa shape index (κ3) is 7.53. The van der Waals surface area contributed by atoms with Gasteiger partial charge < -0.3 is 0 Å². The topological polar surface area (TPSA) is 27.0 Å². The third-order valence-electron chi connectivity index (χ3n) is 5.62. The molecule has 0 fully saturated rings. The Bertz CT molecular complexity index is 394. The van der Waals surface area contributed by atoms with Crippen LogP contribution in [0.25, 0.3) is 0 Å². The predicted octanol–water partition coefficient (Wildman–Crippen LogP) is 7.15. The molecule has 0 aliphatic rings. The molecule has 25 heavy (non-hydrogen) atoms. The number of hydrogen-bond acceptors (Lipinski definition) is 2. The molecule has 0 saturated carbocycles. The molecule has 0 radical (unpaired) electrons. The van der Waals surface area contributed by atoms with Crippen molar-refractivity contribution in [2.75, 3.05) is 13.1 Å². The maximum absolute atomic E-state index is 10.1. The van der Waals surface area contributed by atoms with Crippen molar-refractivity contribution in [1.82, 2.24) is 4.90 Å². The van der Waals surface area contributed by atoms with E-state index in [0.717, 1.165) is 18.8 Å². The van der Waals surface area contributed by atoms with Crippen molar-refractivity contribution >= 4 is 18.4 Å². The SMILES string of the molecule is CCC[CH2][Sn]([CH2]CCC)([CH2]CCC)/[C](=C(\C#N)N(CC)CC)C(C)C. The molecular weight excluding hydrogens is 411 g/mol. The van der Waals surface area contributed by atoms with Crippen LogP contribution in [-0.2, 0) is 0 Å². The molecule has 0 heterocycles. The van der Waals surface area contributed by atoms with Crippen LogP contribution in [0.4, 0.5) is 0 Å². The van der Waals surface area contributed by atoms with Gasteiger partial charge in [0.05, 0.1) is 0 Å². The third-order valence-corrected chi connectivity index (χ3v) is 22.4. The van der Waals surface area contributed by atoms with Crippen LogP contribution in [0.5, 0.6) is 0 Å². The molecule has 0 bridgehead atoms. The van der Waals surface area contributed by atoms with Crippen molar-refractivity contribution < 1.29 is 0 Å². The first-order valence-electron chi connectivity index (χ1n) is 10.9. The predicted molar refractivity (Wildman–Crippen MR) is 115 cm³/mol. The summed E-state index contributed by atoms with van der Waals surface area (Å²) in [5, 5.41) is 10.1. The summed E-state index contributed by atoms with van der Waals surface area (Å²) in [6, 6.07) is 2.68. The van der Waals surface area contributed by atoms with Gasteiger partial charge in [-0.3, -0.25) is 0 Å². The van der Waals surface area contributed by atoms with Gasteiger partial charge in [0.1, 0.15) is 0 Å². The summed E-state index contributed by atoms with van der Waals surface area (Å²) in [6.45, 7) is 18.0. The van der Waals surface area contributed by atoms with E-state index in [1.54, 1.807) is 3.59 Å². The van der Waals surface area contributed by atoms with Gasteiger partial charge in [-0.1, -0.05) is 0 Å². The summed E-state index contributed by atoms with van der Waals surface area (Å²) in [5.41, 5.74) is 1.07. The van der Waals surface area contributed by atoms with Gasteiger partial charge in [0.25, 0.3) is 0 Å². The molecule has 146 valence electrons. The van der Waals surface area contributed by atoms with E-state index in [4.69, 9.17) is 0 Å². The van der Waals surface area contributed by atoms with Crippen LogP contribution in [0.15, 0.2) is 9.29 Å². The molecule has 0 aliphatic carbocycles. The van der Waals surface area contributed by atoms with Crippen molar-refractivity contribution in [2.45, 2.75) is 100 Å². The standard InChI is InChI=1S/C10H17N2.3C4H9.Sn/c1-5-12(6-2)10(8-11)7-9(3)4;3*1-3-4-2;/h9H,5-6H2,1-4H3;3*1,3-4H2,2H3;. The number of nitrogens with zero attached hydrogens (tertiary/aromatic N) is 2. The van der Waals surface area contributed by atoms with E-state index < -0.39 is 18.4 Å².